The number of alkyl halides is 1. The van der Waals surface area contributed by atoms with E-state index in [4.69, 9.17) is 4.74 Å². The summed E-state index contributed by atoms with van der Waals surface area (Å²) in [7, 11) is 0. The Morgan fingerprint density at radius 1 is 0.690 bits per heavy atom. The number of ether oxygens (including phenoxy) is 1. The molecule has 29 heavy (non-hydrogen) atoms. The topological polar surface area (TPSA) is 9.23 Å². The first-order valence-electron chi connectivity index (χ1n) is 10.5. The summed E-state index contributed by atoms with van der Waals surface area (Å²) in [6, 6.07) is 30.0. The van der Waals surface area contributed by atoms with E-state index in [1.165, 1.54) is 40.7 Å². The molecule has 0 aliphatic carbocycles. The summed E-state index contributed by atoms with van der Waals surface area (Å²) in [6.45, 7) is 3.01. The molecule has 2 heteroatoms. The normalized spacial score (nSPS) is 11.8. The Bertz CT molecular complexity index is 883. The molecule has 3 rings (SSSR count). The summed E-state index contributed by atoms with van der Waals surface area (Å²) in [5.74, 6) is 0.942. The molecule has 0 bridgehead atoms. The van der Waals surface area contributed by atoms with Crippen LogP contribution in [0.4, 0.5) is 0 Å². The molecule has 0 spiro atoms. The van der Waals surface area contributed by atoms with Gasteiger partial charge in [0.1, 0.15) is 5.75 Å². The SMILES string of the molecule is CCC(=C(c1ccccc1)c1ccc(OCCCCCBr)cc1)c1ccccc1. The van der Waals surface area contributed by atoms with Crippen molar-refractivity contribution in [3.05, 3.63) is 102 Å². The number of unbranched alkanes of at least 4 members (excludes halogenated alkanes) is 2. The molecule has 150 valence electrons. The van der Waals surface area contributed by atoms with E-state index in [0.29, 0.717) is 0 Å². The van der Waals surface area contributed by atoms with Crippen LogP contribution in [0.3, 0.4) is 0 Å². The minimum absolute atomic E-state index is 0.776. The minimum Gasteiger partial charge on any atom is -0.494 e. The van der Waals surface area contributed by atoms with Crippen LogP contribution in [-0.2, 0) is 0 Å². The molecule has 0 heterocycles. The van der Waals surface area contributed by atoms with Crippen molar-refractivity contribution in [1.29, 1.82) is 0 Å². The van der Waals surface area contributed by atoms with Gasteiger partial charge in [-0.1, -0.05) is 95.7 Å². The summed E-state index contributed by atoms with van der Waals surface area (Å²) in [5, 5.41) is 1.07. The second-order valence-electron chi connectivity index (χ2n) is 7.06. The quantitative estimate of drug-likeness (QED) is 0.173. The van der Waals surface area contributed by atoms with Crippen LogP contribution in [0.5, 0.6) is 5.75 Å². The van der Waals surface area contributed by atoms with Gasteiger partial charge in [-0.3, -0.25) is 0 Å². The van der Waals surface area contributed by atoms with Crippen LogP contribution in [0.15, 0.2) is 84.9 Å². The van der Waals surface area contributed by atoms with Crippen LogP contribution in [0.1, 0.15) is 49.3 Å². The van der Waals surface area contributed by atoms with E-state index in [2.05, 4.69) is 108 Å². The molecule has 0 unspecified atom stereocenters. The molecule has 0 atom stereocenters. The van der Waals surface area contributed by atoms with Gasteiger partial charge in [0, 0.05) is 5.33 Å². The van der Waals surface area contributed by atoms with Crippen molar-refractivity contribution in [3.63, 3.8) is 0 Å². The number of allylic oxidation sites excluding steroid dienone is 1. The molecule has 0 aromatic heterocycles. The third-order valence-electron chi connectivity index (χ3n) is 5.03. The highest BCUT2D eigenvalue weighted by Crippen LogP contribution is 2.34. The molecule has 0 N–H and O–H groups in total. The second kappa shape index (κ2) is 11.6. The highest BCUT2D eigenvalue weighted by molar-refractivity contribution is 9.09. The number of hydrogen-bond acceptors (Lipinski definition) is 1. The lowest BCUT2D eigenvalue weighted by Gasteiger charge is -2.17. The number of halogens is 1. The highest BCUT2D eigenvalue weighted by atomic mass is 79.9. The second-order valence-corrected chi connectivity index (χ2v) is 7.85. The molecule has 0 saturated heterocycles. The van der Waals surface area contributed by atoms with Gasteiger partial charge in [-0.25, -0.2) is 0 Å². The van der Waals surface area contributed by atoms with Gasteiger partial charge in [-0.05, 0) is 65.7 Å². The minimum atomic E-state index is 0.776. The number of rotatable bonds is 10. The molecule has 0 aliphatic heterocycles. The van der Waals surface area contributed by atoms with Gasteiger partial charge in [-0.15, -0.1) is 0 Å². The molecule has 0 fully saturated rings. The van der Waals surface area contributed by atoms with Gasteiger partial charge in [0.05, 0.1) is 6.61 Å². The van der Waals surface area contributed by atoms with E-state index in [9.17, 15) is 0 Å². The molecule has 0 amide bonds. The molecule has 0 radical (unpaired) electrons. The zero-order chi connectivity index (χ0) is 20.3. The van der Waals surface area contributed by atoms with Gasteiger partial charge in [0.15, 0.2) is 0 Å². The standard InChI is InChI=1S/C27H29BrO/c1-2-26(22-12-6-3-7-13-22)27(23-14-8-4-9-15-23)24-16-18-25(19-17-24)29-21-11-5-10-20-28/h3-4,6-9,12-19H,2,5,10-11,20-21H2,1H3. The summed E-state index contributed by atoms with van der Waals surface area (Å²) in [5.41, 5.74) is 6.41. The lowest BCUT2D eigenvalue weighted by atomic mass is 9.88. The first-order chi connectivity index (χ1) is 14.3. The zero-order valence-corrected chi connectivity index (χ0v) is 18.7. The van der Waals surface area contributed by atoms with Crippen LogP contribution in [0.2, 0.25) is 0 Å². The van der Waals surface area contributed by atoms with Gasteiger partial charge < -0.3 is 4.74 Å². The molecule has 1 nitrogen and oxygen atoms in total. The maximum absolute atomic E-state index is 5.93. The van der Waals surface area contributed by atoms with E-state index < -0.39 is 0 Å². The zero-order valence-electron chi connectivity index (χ0n) is 17.1. The largest absolute Gasteiger partial charge is 0.494 e. The van der Waals surface area contributed by atoms with Gasteiger partial charge >= 0.3 is 0 Å². The number of hydrogen-bond donors (Lipinski definition) is 0. The lowest BCUT2D eigenvalue weighted by molar-refractivity contribution is 0.306. The van der Waals surface area contributed by atoms with E-state index in [1.54, 1.807) is 0 Å². The van der Waals surface area contributed by atoms with Gasteiger partial charge in [0.25, 0.3) is 0 Å². The average molecular weight is 449 g/mol. The van der Waals surface area contributed by atoms with Crippen LogP contribution < -0.4 is 4.74 Å². The predicted octanol–water partition coefficient (Wildman–Crippen LogP) is 8.00. The third-order valence-corrected chi connectivity index (χ3v) is 5.59. The van der Waals surface area contributed by atoms with E-state index in [-0.39, 0.29) is 0 Å². The van der Waals surface area contributed by atoms with E-state index in [0.717, 1.165) is 30.5 Å². The van der Waals surface area contributed by atoms with Crippen molar-refractivity contribution in [2.24, 2.45) is 0 Å². The maximum atomic E-state index is 5.93. The Morgan fingerprint density at radius 2 is 1.28 bits per heavy atom. The highest BCUT2D eigenvalue weighted by Gasteiger charge is 2.12. The van der Waals surface area contributed by atoms with Crippen molar-refractivity contribution < 1.29 is 4.74 Å². The average Bonchev–Trinajstić information content (AvgIpc) is 2.79. The molecule has 3 aromatic carbocycles. The summed E-state index contributed by atoms with van der Waals surface area (Å²) in [6.07, 6.45) is 4.46. The number of benzene rings is 3. The maximum Gasteiger partial charge on any atom is 0.119 e. The summed E-state index contributed by atoms with van der Waals surface area (Å²) >= 11 is 3.48. The van der Waals surface area contributed by atoms with Crippen LogP contribution >= 0.6 is 15.9 Å². The fourth-order valence-corrected chi connectivity index (χ4v) is 3.96. The lowest BCUT2D eigenvalue weighted by Crippen LogP contribution is -1.98. The van der Waals surface area contributed by atoms with Crippen molar-refractivity contribution in [2.45, 2.75) is 32.6 Å². The van der Waals surface area contributed by atoms with Crippen LogP contribution in [-0.4, -0.2) is 11.9 Å². The Morgan fingerprint density at radius 3 is 1.86 bits per heavy atom. The van der Waals surface area contributed by atoms with Crippen molar-refractivity contribution >= 4 is 27.1 Å². The Labute approximate surface area is 183 Å². The monoisotopic (exact) mass is 448 g/mol. The van der Waals surface area contributed by atoms with Gasteiger partial charge in [0.2, 0.25) is 0 Å². The van der Waals surface area contributed by atoms with Crippen molar-refractivity contribution in [1.82, 2.24) is 0 Å². The predicted molar refractivity (Wildman–Crippen MR) is 129 cm³/mol. The van der Waals surface area contributed by atoms with E-state index >= 15 is 0 Å². The Kier molecular flexibility index (Phi) is 8.58. The van der Waals surface area contributed by atoms with Crippen molar-refractivity contribution in [3.8, 4) is 5.75 Å². The van der Waals surface area contributed by atoms with Crippen molar-refractivity contribution in [2.75, 3.05) is 11.9 Å². The molecular weight excluding hydrogens is 420 g/mol. The smallest absolute Gasteiger partial charge is 0.119 e. The third kappa shape index (κ3) is 6.08. The van der Waals surface area contributed by atoms with E-state index in [1.807, 2.05) is 0 Å². The van der Waals surface area contributed by atoms with Crippen LogP contribution in [0.25, 0.3) is 11.1 Å². The molecule has 3 aromatic rings. The molecule has 0 aliphatic rings. The first kappa shape index (κ1) is 21.4. The summed E-state index contributed by atoms with van der Waals surface area (Å²) < 4.78 is 5.93. The first-order valence-corrected chi connectivity index (χ1v) is 11.6. The molecule has 0 saturated carbocycles. The Hall–Kier alpha value is -2.32. The van der Waals surface area contributed by atoms with Gasteiger partial charge in [-0.2, -0.15) is 0 Å². The fourth-order valence-electron chi connectivity index (χ4n) is 3.57. The summed E-state index contributed by atoms with van der Waals surface area (Å²) in [4.78, 5) is 0. The molecular formula is C27H29BrO. The fraction of sp³-hybridized carbons (Fsp3) is 0.259. The van der Waals surface area contributed by atoms with Crippen LogP contribution in [0, 0.1) is 0 Å². The Balaban J connectivity index is 1.90.